The summed E-state index contributed by atoms with van der Waals surface area (Å²) < 4.78 is 0. The second kappa shape index (κ2) is 7.54. The summed E-state index contributed by atoms with van der Waals surface area (Å²) >= 11 is 0. The molecule has 0 aromatic rings. The largest absolute Gasteiger partial charge is 0.481 e. The first-order chi connectivity index (χ1) is 10.8. The lowest BCUT2D eigenvalue weighted by Gasteiger charge is -2.37. The summed E-state index contributed by atoms with van der Waals surface area (Å²) in [5.41, 5.74) is 0.392. The molecule has 1 aliphatic carbocycles. The summed E-state index contributed by atoms with van der Waals surface area (Å²) in [5, 5.41) is 12.1. The fourth-order valence-corrected chi connectivity index (χ4v) is 3.91. The summed E-state index contributed by atoms with van der Waals surface area (Å²) in [4.78, 5) is 24.9. The number of carbonyl (C=O) groups is 2. The van der Waals surface area contributed by atoms with Crippen LogP contribution >= 0.6 is 0 Å². The van der Waals surface area contributed by atoms with Gasteiger partial charge in [-0.3, -0.25) is 4.79 Å². The van der Waals surface area contributed by atoms with Gasteiger partial charge in [0.1, 0.15) is 0 Å². The highest BCUT2D eigenvalue weighted by atomic mass is 16.4. The highest BCUT2D eigenvalue weighted by molar-refractivity contribution is 5.75. The van der Waals surface area contributed by atoms with Gasteiger partial charge in [0.25, 0.3) is 0 Å². The Morgan fingerprint density at radius 3 is 2.09 bits per heavy atom. The van der Waals surface area contributed by atoms with Crippen LogP contribution in [-0.4, -0.2) is 41.6 Å². The topological polar surface area (TPSA) is 69.6 Å². The number of nitrogens with zero attached hydrogens (tertiary/aromatic N) is 1. The molecule has 5 nitrogen and oxygen atoms in total. The van der Waals surface area contributed by atoms with E-state index >= 15 is 0 Å². The molecule has 5 heteroatoms. The van der Waals surface area contributed by atoms with Gasteiger partial charge in [0, 0.05) is 19.6 Å². The molecule has 0 radical (unpaired) electrons. The number of urea groups is 1. The standard InChI is InChI=1S/C18H32N2O3/c1-18(2,3)15-6-4-13(5-7-15)12-19-17(23)20-10-8-14(9-11-20)16(21)22/h13-15H,4-12H2,1-3H3,(H,19,23)(H,21,22). The number of likely N-dealkylation sites (tertiary alicyclic amines) is 1. The van der Waals surface area contributed by atoms with Crippen LogP contribution in [0.3, 0.4) is 0 Å². The van der Waals surface area contributed by atoms with Crippen LogP contribution in [0.15, 0.2) is 0 Å². The van der Waals surface area contributed by atoms with Crippen molar-refractivity contribution in [3.63, 3.8) is 0 Å². The van der Waals surface area contributed by atoms with Crippen LogP contribution in [0.4, 0.5) is 4.79 Å². The second-order valence-electron chi connectivity index (χ2n) is 8.37. The molecule has 0 spiro atoms. The summed E-state index contributed by atoms with van der Waals surface area (Å²) in [6.07, 6.45) is 6.05. The van der Waals surface area contributed by atoms with Gasteiger partial charge in [0.05, 0.1) is 5.92 Å². The van der Waals surface area contributed by atoms with E-state index in [1.54, 1.807) is 4.90 Å². The average molecular weight is 324 g/mol. The number of hydrogen-bond acceptors (Lipinski definition) is 2. The molecule has 0 aromatic heterocycles. The third-order valence-corrected chi connectivity index (χ3v) is 5.74. The Bertz CT molecular complexity index is 414. The van der Waals surface area contributed by atoms with Crippen LogP contribution in [0.25, 0.3) is 0 Å². The molecular weight excluding hydrogens is 292 g/mol. The van der Waals surface area contributed by atoms with E-state index < -0.39 is 5.97 Å². The Morgan fingerprint density at radius 2 is 1.61 bits per heavy atom. The third-order valence-electron chi connectivity index (χ3n) is 5.74. The molecule has 2 aliphatic rings. The molecule has 2 amide bonds. The minimum Gasteiger partial charge on any atom is -0.481 e. The van der Waals surface area contributed by atoms with Gasteiger partial charge >= 0.3 is 12.0 Å². The van der Waals surface area contributed by atoms with Crippen LogP contribution in [0, 0.1) is 23.2 Å². The number of rotatable bonds is 3. The fraction of sp³-hybridized carbons (Fsp3) is 0.889. The van der Waals surface area contributed by atoms with Crippen molar-refractivity contribution in [3.8, 4) is 0 Å². The Labute approximate surface area is 139 Å². The maximum atomic E-state index is 12.2. The van der Waals surface area contributed by atoms with E-state index in [4.69, 9.17) is 5.11 Å². The van der Waals surface area contributed by atoms with Gasteiger partial charge in [-0.15, -0.1) is 0 Å². The van der Waals surface area contributed by atoms with Crippen molar-refractivity contribution in [2.45, 2.75) is 59.3 Å². The Kier molecular flexibility index (Phi) is 5.93. The molecule has 1 saturated heterocycles. The quantitative estimate of drug-likeness (QED) is 0.836. The number of hydrogen-bond donors (Lipinski definition) is 2. The van der Waals surface area contributed by atoms with Crippen LogP contribution in [0.5, 0.6) is 0 Å². The van der Waals surface area contributed by atoms with Crippen molar-refractivity contribution in [3.05, 3.63) is 0 Å². The zero-order valence-electron chi connectivity index (χ0n) is 14.8. The highest BCUT2D eigenvalue weighted by Crippen LogP contribution is 2.39. The molecule has 2 fully saturated rings. The van der Waals surface area contributed by atoms with Gasteiger partial charge < -0.3 is 15.3 Å². The molecule has 0 atom stereocenters. The van der Waals surface area contributed by atoms with Gasteiger partial charge in [-0.2, -0.15) is 0 Å². The fourth-order valence-electron chi connectivity index (χ4n) is 3.91. The van der Waals surface area contributed by atoms with Crippen molar-refractivity contribution in [1.82, 2.24) is 10.2 Å². The van der Waals surface area contributed by atoms with Crippen molar-refractivity contribution in [1.29, 1.82) is 0 Å². The highest BCUT2D eigenvalue weighted by Gasteiger charge is 2.30. The van der Waals surface area contributed by atoms with E-state index in [2.05, 4.69) is 26.1 Å². The number of nitrogens with one attached hydrogen (secondary N) is 1. The van der Waals surface area contributed by atoms with Gasteiger partial charge in [-0.1, -0.05) is 20.8 Å². The van der Waals surface area contributed by atoms with E-state index in [-0.39, 0.29) is 11.9 Å². The molecule has 1 heterocycles. The molecule has 0 bridgehead atoms. The molecule has 1 aliphatic heterocycles. The molecule has 0 aromatic carbocycles. The number of carboxylic acids is 1. The van der Waals surface area contributed by atoms with Crippen LogP contribution < -0.4 is 5.32 Å². The van der Waals surface area contributed by atoms with Crippen molar-refractivity contribution in [2.24, 2.45) is 23.2 Å². The van der Waals surface area contributed by atoms with Crippen molar-refractivity contribution >= 4 is 12.0 Å². The van der Waals surface area contributed by atoms with Gasteiger partial charge in [0.2, 0.25) is 0 Å². The lowest BCUT2D eigenvalue weighted by molar-refractivity contribution is -0.143. The first-order valence-corrected chi connectivity index (χ1v) is 9.03. The predicted octanol–water partition coefficient (Wildman–Crippen LogP) is 3.35. The first-order valence-electron chi connectivity index (χ1n) is 9.03. The summed E-state index contributed by atoms with van der Waals surface area (Å²) in [5.74, 6) is 0.367. The van der Waals surface area contributed by atoms with Crippen molar-refractivity contribution < 1.29 is 14.7 Å². The molecule has 2 N–H and O–H groups in total. The lowest BCUT2D eigenvalue weighted by Crippen LogP contribution is -2.46. The van der Waals surface area contributed by atoms with E-state index in [9.17, 15) is 9.59 Å². The van der Waals surface area contributed by atoms with E-state index in [1.807, 2.05) is 0 Å². The normalized spacial score (nSPS) is 26.8. The van der Waals surface area contributed by atoms with Gasteiger partial charge in [0.15, 0.2) is 0 Å². The minimum atomic E-state index is -0.735. The molecule has 1 saturated carbocycles. The lowest BCUT2D eigenvalue weighted by atomic mass is 9.70. The molecule has 0 unspecified atom stereocenters. The number of carboxylic acid groups (broad SMARTS) is 1. The van der Waals surface area contributed by atoms with E-state index in [1.165, 1.54) is 25.7 Å². The average Bonchev–Trinajstić information content (AvgIpc) is 2.52. The third kappa shape index (κ3) is 5.11. The Morgan fingerprint density at radius 1 is 1.04 bits per heavy atom. The molecule has 2 rings (SSSR count). The van der Waals surface area contributed by atoms with Crippen molar-refractivity contribution in [2.75, 3.05) is 19.6 Å². The summed E-state index contributed by atoms with van der Waals surface area (Å²) in [6.45, 7) is 8.83. The second-order valence-corrected chi connectivity index (χ2v) is 8.37. The monoisotopic (exact) mass is 324 g/mol. The number of aliphatic carboxylic acids is 1. The first kappa shape index (κ1) is 18.1. The minimum absolute atomic E-state index is 0.0215. The zero-order valence-corrected chi connectivity index (χ0v) is 14.8. The maximum Gasteiger partial charge on any atom is 0.317 e. The predicted molar refractivity (Wildman–Crippen MR) is 90.2 cm³/mol. The maximum absolute atomic E-state index is 12.2. The van der Waals surface area contributed by atoms with Crippen LogP contribution in [0.2, 0.25) is 0 Å². The smallest absolute Gasteiger partial charge is 0.317 e. The molecular formula is C18H32N2O3. The van der Waals surface area contributed by atoms with Crippen LogP contribution in [0.1, 0.15) is 59.3 Å². The number of carbonyl (C=O) groups excluding carboxylic acids is 1. The summed E-state index contributed by atoms with van der Waals surface area (Å²) in [7, 11) is 0. The Hall–Kier alpha value is -1.26. The van der Waals surface area contributed by atoms with Gasteiger partial charge in [-0.25, -0.2) is 4.79 Å². The SMILES string of the molecule is CC(C)(C)C1CCC(CNC(=O)N2CCC(C(=O)O)CC2)CC1. The Balaban J connectivity index is 1.67. The number of amides is 2. The molecule has 132 valence electrons. The zero-order chi connectivity index (χ0) is 17.0. The van der Waals surface area contributed by atoms with E-state index in [0.717, 1.165) is 12.5 Å². The number of piperidine rings is 1. The van der Waals surface area contributed by atoms with E-state index in [0.29, 0.717) is 37.3 Å². The van der Waals surface area contributed by atoms with Crippen LogP contribution in [-0.2, 0) is 4.79 Å². The molecule has 23 heavy (non-hydrogen) atoms. The summed E-state index contributed by atoms with van der Waals surface area (Å²) in [6, 6.07) is -0.0215. The van der Waals surface area contributed by atoms with Gasteiger partial charge in [-0.05, 0) is 55.8 Å².